The first kappa shape index (κ1) is 17.9. The molecule has 0 bridgehead atoms. The summed E-state index contributed by atoms with van der Waals surface area (Å²) in [6, 6.07) is -1.03. The van der Waals surface area contributed by atoms with Crippen LogP contribution in [-0.2, 0) is 14.4 Å². The van der Waals surface area contributed by atoms with Crippen LogP contribution in [0.3, 0.4) is 0 Å². The van der Waals surface area contributed by atoms with Gasteiger partial charge in [-0.25, -0.2) is 4.79 Å². The van der Waals surface area contributed by atoms with E-state index in [1.54, 1.807) is 6.92 Å². The Morgan fingerprint density at radius 3 is 2.23 bits per heavy atom. The normalized spacial score (nSPS) is 19.6. The van der Waals surface area contributed by atoms with Gasteiger partial charge in [-0.05, 0) is 6.42 Å². The highest BCUT2D eigenvalue weighted by Crippen LogP contribution is 2.27. The fourth-order valence-electron chi connectivity index (χ4n) is 1.96. The third-order valence-electron chi connectivity index (χ3n) is 3.08. The molecule has 4 amide bonds. The number of urea groups is 1. The van der Waals surface area contributed by atoms with Crippen LogP contribution < -0.4 is 0 Å². The molecule has 0 radical (unpaired) electrons. The maximum Gasteiger partial charge on any atom is 0.451 e. The van der Waals surface area contributed by atoms with E-state index in [2.05, 4.69) is 6.58 Å². The average Bonchev–Trinajstić information content (AvgIpc) is 2.42. The number of imide groups is 2. The molecule has 1 aliphatic heterocycles. The van der Waals surface area contributed by atoms with Crippen molar-refractivity contribution >= 4 is 23.6 Å². The molecule has 0 aromatic carbocycles. The van der Waals surface area contributed by atoms with E-state index in [0.717, 1.165) is 6.08 Å². The lowest BCUT2D eigenvalue weighted by molar-refractivity contribution is -0.181. The second-order valence-corrected chi connectivity index (χ2v) is 4.66. The number of carbonyl (C=O) groups is 4. The molecule has 1 rings (SSSR count). The Morgan fingerprint density at radius 1 is 1.23 bits per heavy atom. The molecule has 1 heterocycles. The van der Waals surface area contributed by atoms with Gasteiger partial charge in [-0.1, -0.05) is 19.4 Å². The highest BCUT2D eigenvalue weighted by atomic mass is 19.4. The molecule has 0 N–H and O–H groups in total. The number of carbonyl (C=O) groups excluding carboxylic acids is 4. The van der Waals surface area contributed by atoms with Gasteiger partial charge in [-0.15, -0.1) is 6.58 Å². The number of halogens is 3. The van der Waals surface area contributed by atoms with Crippen LogP contribution in [0, 0.1) is 5.92 Å². The Balaban J connectivity index is 3.22. The maximum atomic E-state index is 12.6. The summed E-state index contributed by atoms with van der Waals surface area (Å²) in [6.07, 6.45) is -3.30. The van der Waals surface area contributed by atoms with Gasteiger partial charge in [0.1, 0.15) is 0 Å². The number of hydrogen-bond donors (Lipinski definition) is 0. The van der Waals surface area contributed by atoms with Gasteiger partial charge < -0.3 is 0 Å². The monoisotopic (exact) mass is 320 g/mol. The van der Waals surface area contributed by atoms with Gasteiger partial charge in [0.15, 0.2) is 5.92 Å². The third kappa shape index (κ3) is 3.34. The van der Waals surface area contributed by atoms with Gasteiger partial charge in [0.2, 0.25) is 0 Å². The van der Waals surface area contributed by atoms with Crippen molar-refractivity contribution in [1.29, 1.82) is 0 Å². The van der Waals surface area contributed by atoms with Crippen LogP contribution in [-0.4, -0.2) is 52.7 Å². The number of hydrogen-bond acceptors (Lipinski definition) is 4. The molecule has 0 aromatic heterocycles. The van der Waals surface area contributed by atoms with E-state index in [9.17, 15) is 32.3 Å². The number of nitrogens with zero attached hydrogens (tertiary/aromatic N) is 2. The van der Waals surface area contributed by atoms with Crippen LogP contribution in [0.1, 0.15) is 19.8 Å². The number of barbiturate groups is 1. The van der Waals surface area contributed by atoms with E-state index in [1.165, 1.54) is 0 Å². The third-order valence-corrected chi connectivity index (χ3v) is 3.08. The Bertz CT molecular complexity index is 516. The van der Waals surface area contributed by atoms with Gasteiger partial charge in [0.25, 0.3) is 17.6 Å². The molecular weight excluding hydrogens is 305 g/mol. The van der Waals surface area contributed by atoms with Crippen molar-refractivity contribution in [1.82, 2.24) is 9.80 Å². The second-order valence-electron chi connectivity index (χ2n) is 4.66. The average molecular weight is 320 g/mol. The fourth-order valence-corrected chi connectivity index (χ4v) is 1.96. The van der Waals surface area contributed by atoms with Gasteiger partial charge in [-0.2, -0.15) is 13.2 Å². The molecule has 0 spiro atoms. The predicted molar refractivity (Wildman–Crippen MR) is 68.5 cm³/mol. The first-order valence-corrected chi connectivity index (χ1v) is 6.55. The molecule has 1 fully saturated rings. The molecule has 6 nitrogen and oxygen atoms in total. The molecule has 22 heavy (non-hydrogen) atoms. The molecule has 1 atom stereocenters. The van der Waals surface area contributed by atoms with E-state index in [-0.39, 0.29) is 13.1 Å². The maximum absolute atomic E-state index is 12.6. The summed E-state index contributed by atoms with van der Waals surface area (Å²) < 4.78 is 37.7. The van der Waals surface area contributed by atoms with Crippen molar-refractivity contribution in [3.8, 4) is 0 Å². The summed E-state index contributed by atoms with van der Waals surface area (Å²) in [7, 11) is 0. The predicted octanol–water partition coefficient (Wildman–Crippen LogP) is 1.51. The first-order valence-electron chi connectivity index (χ1n) is 6.55. The van der Waals surface area contributed by atoms with Crippen LogP contribution in [0.25, 0.3) is 0 Å². The van der Waals surface area contributed by atoms with E-state index in [4.69, 9.17) is 0 Å². The van der Waals surface area contributed by atoms with E-state index >= 15 is 0 Å². The van der Waals surface area contributed by atoms with Gasteiger partial charge >= 0.3 is 12.2 Å². The second kappa shape index (κ2) is 6.71. The topological polar surface area (TPSA) is 74.8 Å². The van der Waals surface area contributed by atoms with E-state index in [0.29, 0.717) is 22.6 Å². The summed E-state index contributed by atoms with van der Waals surface area (Å²) in [6.45, 7) is 4.51. The number of amides is 4. The summed E-state index contributed by atoms with van der Waals surface area (Å²) in [4.78, 5) is 48.3. The molecule has 9 heteroatoms. The van der Waals surface area contributed by atoms with E-state index in [1.807, 2.05) is 0 Å². The molecule has 1 aliphatic rings. The summed E-state index contributed by atoms with van der Waals surface area (Å²) >= 11 is 0. The Morgan fingerprint density at radius 2 is 1.77 bits per heavy atom. The summed E-state index contributed by atoms with van der Waals surface area (Å²) in [5, 5.41) is 0. The van der Waals surface area contributed by atoms with Crippen molar-refractivity contribution in [2.75, 3.05) is 13.1 Å². The first-order chi connectivity index (χ1) is 10.2. The molecule has 0 saturated carbocycles. The van der Waals surface area contributed by atoms with Gasteiger partial charge in [-0.3, -0.25) is 24.2 Å². The molecule has 1 unspecified atom stereocenters. The van der Waals surface area contributed by atoms with Crippen LogP contribution >= 0.6 is 0 Å². The zero-order chi connectivity index (χ0) is 17.1. The Labute approximate surface area is 124 Å². The number of rotatable bonds is 6. The lowest BCUT2D eigenvalue weighted by atomic mass is 9.97. The number of ketones is 1. The Kier molecular flexibility index (Phi) is 5.45. The largest absolute Gasteiger partial charge is 0.451 e. The van der Waals surface area contributed by atoms with Crippen molar-refractivity contribution in [3.63, 3.8) is 0 Å². The van der Waals surface area contributed by atoms with Gasteiger partial charge in [0.05, 0.1) is 0 Å². The SMILES string of the molecule is C=CCN1C(=O)C(C(=O)C(F)(F)F)C(=O)N(CCCC)C1=O. The van der Waals surface area contributed by atoms with Crippen molar-refractivity contribution in [2.24, 2.45) is 5.92 Å². The lowest BCUT2D eigenvalue weighted by Crippen LogP contribution is -2.63. The highest BCUT2D eigenvalue weighted by molar-refractivity contribution is 6.27. The lowest BCUT2D eigenvalue weighted by Gasteiger charge is -2.36. The van der Waals surface area contributed by atoms with Crippen LogP contribution in [0.2, 0.25) is 0 Å². The molecule has 0 aliphatic carbocycles. The standard InChI is InChI=1S/C13H15F3N2O4/c1-3-5-7-18-11(21)8(9(19)13(14,15)16)10(20)17(6-4-2)12(18)22/h4,8H,2-3,5-7H2,1H3. The van der Waals surface area contributed by atoms with Crippen LogP contribution in [0.15, 0.2) is 12.7 Å². The zero-order valence-electron chi connectivity index (χ0n) is 11.9. The van der Waals surface area contributed by atoms with Crippen molar-refractivity contribution in [2.45, 2.75) is 25.9 Å². The minimum atomic E-state index is -5.34. The highest BCUT2D eigenvalue weighted by Gasteiger charge is 2.56. The number of alkyl halides is 3. The smallest absolute Gasteiger partial charge is 0.288 e. The number of unbranched alkanes of at least 4 members (excludes halogenated alkanes) is 1. The van der Waals surface area contributed by atoms with E-state index < -0.39 is 35.7 Å². The number of Topliss-reactive ketones (excluding diaryl/α,β-unsaturated/α-hetero) is 1. The summed E-state index contributed by atoms with van der Waals surface area (Å²) in [5.41, 5.74) is 0. The molecule has 122 valence electrons. The minimum Gasteiger partial charge on any atom is -0.288 e. The Hall–Kier alpha value is -2.19. The van der Waals surface area contributed by atoms with Crippen LogP contribution in [0.4, 0.5) is 18.0 Å². The van der Waals surface area contributed by atoms with Gasteiger partial charge in [0, 0.05) is 13.1 Å². The zero-order valence-corrected chi connectivity index (χ0v) is 11.9. The quantitative estimate of drug-likeness (QED) is 0.549. The minimum absolute atomic E-state index is 0.156. The molecule has 1 saturated heterocycles. The molecular formula is C13H15F3N2O4. The summed E-state index contributed by atoms with van der Waals surface area (Å²) in [5.74, 6) is -7.92. The van der Waals surface area contributed by atoms with Crippen LogP contribution in [0.5, 0.6) is 0 Å². The molecule has 0 aromatic rings. The van der Waals surface area contributed by atoms with Crippen molar-refractivity contribution < 1.29 is 32.3 Å². The van der Waals surface area contributed by atoms with Crippen molar-refractivity contribution in [3.05, 3.63) is 12.7 Å². The fraction of sp³-hybridized carbons (Fsp3) is 0.538.